The minimum absolute atomic E-state index is 0.00998. The molecule has 3 N–H and O–H groups in total. The maximum atomic E-state index is 12.5. The van der Waals surface area contributed by atoms with Gasteiger partial charge in [0.25, 0.3) is 0 Å². The van der Waals surface area contributed by atoms with Gasteiger partial charge in [-0.1, -0.05) is 334 Å². The molecule has 0 saturated carbocycles. The highest BCUT2D eigenvalue weighted by molar-refractivity contribution is 5.76. The van der Waals surface area contributed by atoms with E-state index in [2.05, 4.69) is 19.2 Å². The number of aliphatic hydroxyl groups is 2. The lowest BCUT2D eigenvalue weighted by Gasteiger charge is -2.20. The summed E-state index contributed by atoms with van der Waals surface area (Å²) in [6.45, 7) is 4.93. The van der Waals surface area contributed by atoms with E-state index in [0.29, 0.717) is 19.4 Å². The van der Waals surface area contributed by atoms with Crippen LogP contribution in [0.4, 0.5) is 0 Å². The molecule has 1 amide bonds. The fourth-order valence-electron chi connectivity index (χ4n) is 10.3. The molecule has 0 aromatic heterocycles. The molecule has 0 aromatic rings. The smallest absolute Gasteiger partial charge is 0.305 e. The first-order chi connectivity index (χ1) is 35.0. The third-order valence-corrected chi connectivity index (χ3v) is 15.3. The molecule has 6 nitrogen and oxygen atoms in total. The number of allylic oxidation sites excluding steroid dienone is 1. The minimum atomic E-state index is -0.847. The average molecular weight is 1000 g/mol. The first-order valence-corrected chi connectivity index (χ1v) is 32.5. The molecule has 0 rings (SSSR count). The number of carbonyl (C=O) groups is 2. The lowest BCUT2D eigenvalue weighted by atomic mass is 10.0. The van der Waals surface area contributed by atoms with Crippen LogP contribution < -0.4 is 5.32 Å². The maximum Gasteiger partial charge on any atom is 0.305 e. The summed E-state index contributed by atoms with van der Waals surface area (Å²) >= 11 is 0. The Balaban J connectivity index is 3.43. The predicted molar refractivity (Wildman–Crippen MR) is 310 cm³/mol. The number of aliphatic hydroxyl groups excluding tert-OH is 2. The van der Waals surface area contributed by atoms with Crippen molar-refractivity contribution in [3.05, 3.63) is 12.2 Å². The third-order valence-electron chi connectivity index (χ3n) is 15.3. The monoisotopic (exact) mass is 1000 g/mol. The summed E-state index contributed by atoms with van der Waals surface area (Å²) < 4.78 is 5.47. The minimum Gasteiger partial charge on any atom is -0.466 e. The topological polar surface area (TPSA) is 95.9 Å². The number of nitrogens with one attached hydrogen (secondary N) is 1. The van der Waals surface area contributed by atoms with Crippen LogP contribution >= 0.6 is 0 Å². The van der Waals surface area contributed by atoms with E-state index in [4.69, 9.17) is 4.74 Å². The van der Waals surface area contributed by atoms with Crippen LogP contribution in [0.2, 0.25) is 0 Å². The van der Waals surface area contributed by atoms with Crippen molar-refractivity contribution in [1.82, 2.24) is 5.32 Å². The van der Waals surface area contributed by atoms with Crippen LogP contribution in [0, 0.1) is 0 Å². The molecule has 6 heteroatoms. The number of amides is 1. The molecule has 0 aliphatic heterocycles. The van der Waals surface area contributed by atoms with Gasteiger partial charge < -0.3 is 20.3 Å². The van der Waals surface area contributed by atoms with Gasteiger partial charge in [0.1, 0.15) is 0 Å². The van der Waals surface area contributed by atoms with Gasteiger partial charge in [0.2, 0.25) is 5.91 Å². The first kappa shape index (κ1) is 69.6. The summed E-state index contributed by atoms with van der Waals surface area (Å²) in [5.41, 5.74) is 0. The summed E-state index contributed by atoms with van der Waals surface area (Å²) in [5, 5.41) is 23.2. The SMILES string of the molecule is CCCCCCCCCCCCCCCCCCCCCCC/C=C/C(O)C(CO)NC(=O)CCCCCCCCCCCCCCCCCCCCCOC(=O)CCCCCCCCCCCCCC. The van der Waals surface area contributed by atoms with Crippen LogP contribution in [-0.2, 0) is 14.3 Å². The molecule has 0 saturated heterocycles. The second kappa shape index (κ2) is 61.1. The van der Waals surface area contributed by atoms with Crippen molar-refractivity contribution < 1.29 is 24.5 Å². The molecule has 0 aliphatic carbocycles. The van der Waals surface area contributed by atoms with Gasteiger partial charge in [0.05, 0.1) is 25.4 Å². The van der Waals surface area contributed by atoms with E-state index in [1.165, 1.54) is 302 Å². The van der Waals surface area contributed by atoms with Crippen molar-refractivity contribution in [3.8, 4) is 0 Å². The Hall–Kier alpha value is -1.40. The Morgan fingerprint density at radius 3 is 0.958 bits per heavy atom. The van der Waals surface area contributed by atoms with Gasteiger partial charge in [0, 0.05) is 12.8 Å². The van der Waals surface area contributed by atoms with Crippen LogP contribution in [-0.4, -0.2) is 47.4 Å². The molecule has 0 radical (unpaired) electrons. The molecule has 0 bridgehead atoms. The molecule has 0 aliphatic rings. The van der Waals surface area contributed by atoms with Gasteiger partial charge in [-0.05, 0) is 32.1 Å². The van der Waals surface area contributed by atoms with Gasteiger partial charge in [-0.2, -0.15) is 0 Å². The Bertz CT molecular complexity index is 1060. The van der Waals surface area contributed by atoms with Gasteiger partial charge in [-0.25, -0.2) is 0 Å². The van der Waals surface area contributed by atoms with E-state index in [0.717, 1.165) is 38.5 Å². The van der Waals surface area contributed by atoms with Crippen molar-refractivity contribution in [1.29, 1.82) is 0 Å². The molecule has 71 heavy (non-hydrogen) atoms. The second-order valence-corrected chi connectivity index (χ2v) is 22.5. The molecule has 422 valence electrons. The fourth-order valence-corrected chi connectivity index (χ4v) is 10.3. The first-order valence-electron chi connectivity index (χ1n) is 32.5. The highest BCUT2D eigenvalue weighted by Gasteiger charge is 2.18. The predicted octanol–water partition coefficient (Wildman–Crippen LogP) is 20.4. The molecule has 0 aromatic carbocycles. The summed E-state index contributed by atoms with van der Waals surface area (Å²) in [6.07, 6.45) is 74.0. The normalized spacial score (nSPS) is 12.6. The van der Waals surface area contributed by atoms with Crippen LogP contribution in [0.15, 0.2) is 12.2 Å². The second-order valence-electron chi connectivity index (χ2n) is 22.5. The van der Waals surface area contributed by atoms with Crippen LogP contribution in [0.5, 0.6) is 0 Å². The van der Waals surface area contributed by atoms with E-state index in [9.17, 15) is 19.8 Å². The Morgan fingerprint density at radius 2 is 0.648 bits per heavy atom. The number of carbonyl (C=O) groups excluding carboxylic acids is 2. The van der Waals surface area contributed by atoms with Crippen molar-refractivity contribution in [2.24, 2.45) is 0 Å². The van der Waals surface area contributed by atoms with Crippen LogP contribution in [0.3, 0.4) is 0 Å². The number of hydrogen-bond acceptors (Lipinski definition) is 5. The number of rotatable bonds is 61. The van der Waals surface area contributed by atoms with Gasteiger partial charge in [0.15, 0.2) is 0 Å². The van der Waals surface area contributed by atoms with Crippen molar-refractivity contribution >= 4 is 11.9 Å². The number of unbranched alkanes of at least 4 members (excludes halogenated alkanes) is 50. The highest BCUT2D eigenvalue weighted by Crippen LogP contribution is 2.18. The molecule has 0 spiro atoms. The van der Waals surface area contributed by atoms with Gasteiger partial charge in [-0.15, -0.1) is 0 Å². The summed E-state index contributed by atoms with van der Waals surface area (Å²) in [4.78, 5) is 24.5. The third kappa shape index (κ3) is 57.7. The van der Waals surface area contributed by atoms with Crippen LogP contribution in [0.1, 0.15) is 367 Å². The standard InChI is InChI=1S/C65H127NO5/c1-3-5-7-9-11-13-15-17-18-19-20-21-22-23-25-28-31-34-37-41-45-49-53-57-63(68)62(61-67)66-64(69)58-54-50-46-42-38-35-32-29-26-24-27-30-33-36-40-44-48-52-56-60-71-65(70)59-55-51-47-43-39-16-14-12-10-8-6-4-2/h53,57,62-63,67-68H,3-52,54-56,58-61H2,1-2H3,(H,66,69)/b57-53+. The summed E-state index contributed by atoms with van der Waals surface area (Å²) in [5.74, 6) is -0.0564. The molecular weight excluding hydrogens is 875 g/mol. The lowest BCUT2D eigenvalue weighted by molar-refractivity contribution is -0.143. The number of esters is 1. The summed E-state index contributed by atoms with van der Waals surface area (Å²) in [7, 11) is 0. The van der Waals surface area contributed by atoms with Crippen LogP contribution in [0.25, 0.3) is 0 Å². The van der Waals surface area contributed by atoms with E-state index in [-0.39, 0.29) is 18.5 Å². The molecular formula is C65H127NO5. The quantitative estimate of drug-likeness (QED) is 0.0320. The number of hydrogen-bond donors (Lipinski definition) is 3. The molecule has 2 unspecified atom stereocenters. The van der Waals surface area contributed by atoms with Crippen molar-refractivity contribution in [2.75, 3.05) is 13.2 Å². The molecule has 0 heterocycles. The van der Waals surface area contributed by atoms with Gasteiger partial charge >= 0.3 is 5.97 Å². The van der Waals surface area contributed by atoms with Crippen molar-refractivity contribution in [2.45, 2.75) is 379 Å². The van der Waals surface area contributed by atoms with E-state index < -0.39 is 12.1 Å². The lowest BCUT2D eigenvalue weighted by Crippen LogP contribution is -2.45. The zero-order chi connectivity index (χ0) is 51.4. The Labute approximate surface area is 444 Å². The van der Waals surface area contributed by atoms with E-state index in [1.54, 1.807) is 6.08 Å². The highest BCUT2D eigenvalue weighted by atomic mass is 16.5. The maximum absolute atomic E-state index is 12.5. The molecule has 0 fully saturated rings. The zero-order valence-corrected chi connectivity index (χ0v) is 48.2. The average Bonchev–Trinajstić information content (AvgIpc) is 3.37. The Kier molecular flexibility index (Phi) is 59.9. The molecule has 2 atom stereocenters. The van der Waals surface area contributed by atoms with Gasteiger partial charge in [-0.3, -0.25) is 9.59 Å². The van der Waals surface area contributed by atoms with E-state index >= 15 is 0 Å². The summed E-state index contributed by atoms with van der Waals surface area (Å²) in [6, 6.07) is -0.630. The Morgan fingerprint density at radius 1 is 0.380 bits per heavy atom. The van der Waals surface area contributed by atoms with E-state index in [1.807, 2.05) is 6.08 Å². The van der Waals surface area contributed by atoms with Crippen molar-refractivity contribution in [3.63, 3.8) is 0 Å². The number of ether oxygens (including phenoxy) is 1. The largest absolute Gasteiger partial charge is 0.466 e. The fraction of sp³-hybridized carbons (Fsp3) is 0.938. The zero-order valence-electron chi connectivity index (χ0n) is 48.2.